The maximum atomic E-state index is 6.02. The fourth-order valence-corrected chi connectivity index (χ4v) is 1.96. The lowest BCUT2D eigenvalue weighted by atomic mass is 10.1. The molecule has 0 aliphatic carbocycles. The Morgan fingerprint density at radius 3 is 2.33 bits per heavy atom. The molecule has 1 aromatic rings. The van der Waals surface area contributed by atoms with Crippen LogP contribution in [0.5, 0.6) is 0 Å². The van der Waals surface area contributed by atoms with Crippen molar-refractivity contribution in [1.29, 1.82) is 0 Å². The second-order valence-corrected chi connectivity index (χ2v) is 4.95. The molecular formula is C16H29Cl2N3. The van der Waals surface area contributed by atoms with Gasteiger partial charge in [0, 0.05) is 18.8 Å². The number of halogens is 2. The van der Waals surface area contributed by atoms with Gasteiger partial charge in [0.1, 0.15) is 0 Å². The topological polar surface area (TPSA) is 64.4 Å². The van der Waals surface area contributed by atoms with Gasteiger partial charge in [-0.3, -0.25) is 4.99 Å². The number of aryl methyl sites for hydroxylation is 1. The zero-order valence-electron chi connectivity index (χ0n) is 12.6. The van der Waals surface area contributed by atoms with E-state index in [0.717, 1.165) is 38.8 Å². The van der Waals surface area contributed by atoms with Crippen molar-refractivity contribution in [3.8, 4) is 0 Å². The largest absolute Gasteiger partial charge is 0.330 e. The summed E-state index contributed by atoms with van der Waals surface area (Å²) in [5, 5.41) is 0. The van der Waals surface area contributed by atoms with E-state index in [0.29, 0.717) is 0 Å². The van der Waals surface area contributed by atoms with Gasteiger partial charge in [0.2, 0.25) is 0 Å². The van der Waals surface area contributed by atoms with Crippen molar-refractivity contribution in [3.63, 3.8) is 0 Å². The van der Waals surface area contributed by atoms with Gasteiger partial charge in [-0.2, -0.15) is 0 Å². The minimum atomic E-state index is 0. The van der Waals surface area contributed by atoms with E-state index >= 15 is 0 Å². The van der Waals surface area contributed by atoms with Crippen molar-refractivity contribution < 1.29 is 0 Å². The average molecular weight is 334 g/mol. The highest BCUT2D eigenvalue weighted by Gasteiger charge is 1.99. The van der Waals surface area contributed by atoms with Crippen LogP contribution in [0.3, 0.4) is 0 Å². The zero-order valence-corrected chi connectivity index (χ0v) is 14.2. The lowest BCUT2D eigenvalue weighted by molar-refractivity contribution is 0.652. The molecule has 0 radical (unpaired) electrons. The first kappa shape index (κ1) is 22.7. The molecule has 1 aromatic carbocycles. The third-order valence-corrected chi connectivity index (χ3v) is 3.15. The first-order valence-electron chi connectivity index (χ1n) is 7.32. The molecule has 0 bridgehead atoms. The molecule has 1 unspecified atom stereocenters. The van der Waals surface area contributed by atoms with Gasteiger partial charge in [0.25, 0.3) is 0 Å². The lowest BCUT2D eigenvalue weighted by Crippen LogP contribution is -2.22. The van der Waals surface area contributed by atoms with E-state index in [1.807, 2.05) is 12.3 Å². The van der Waals surface area contributed by atoms with Gasteiger partial charge in [0.05, 0.1) is 0 Å². The number of aliphatic imine (C=N–C) groups is 1. The van der Waals surface area contributed by atoms with Gasteiger partial charge in [-0.25, -0.2) is 0 Å². The number of nitrogens with zero attached hydrogens (tertiary/aromatic N) is 1. The lowest BCUT2D eigenvalue weighted by Gasteiger charge is -2.05. The second kappa shape index (κ2) is 15.8. The summed E-state index contributed by atoms with van der Waals surface area (Å²) in [7, 11) is 0. The zero-order chi connectivity index (χ0) is 13.8. The minimum Gasteiger partial charge on any atom is -0.330 e. The normalized spacial score (nSPS) is 11.7. The Morgan fingerprint density at radius 2 is 1.67 bits per heavy atom. The van der Waals surface area contributed by atoms with Crippen LogP contribution in [0, 0.1) is 0 Å². The van der Waals surface area contributed by atoms with Gasteiger partial charge in [-0.15, -0.1) is 24.8 Å². The van der Waals surface area contributed by atoms with Crippen LogP contribution in [0.2, 0.25) is 0 Å². The van der Waals surface area contributed by atoms with Gasteiger partial charge < -0.3 is 11.5 Å². The molecule has 0 aliphatic heterocycles. The molecule has 4 N–H and O–H groups in total. The summed E-state index contributed by atoms with van der Waals surface area (Å²) in [5.41, 5.74) is 12.8. The number of hydrogen-bond acceptors (Lipinski definition) is 3. The molecule has 21 heavy (non-hydrogen) atoms. The minimum absolute atomic E-state index is 0. The van der Waals surface area contributed by atoms with E-state index in [1.165, 1.54) is 18.4 Å². The molecule has 1 rings (SSSR count). The van der Waals surface area contributed by atoms with Gasteiger partial charge in [0.15, 0.2) is 0 Å². The molecule has 0 fully saturated rings. The molecule has 5 heteroatoms. The Kier molecular flexibility index (Phi) is 17.0. The van der Waals surface area contributed by atoms with Crippen molar-refractivity contribution in [1.82, 2.24) is 0 Å². The van der Waals surface area contributed by atoms with Crippen LogP contribution >= 0.6 is 24.8 Å². The Balaban J connectivity index is 0. The summed E-state index contributed by atoms with van der Waals surface area (Å²) >= 11 is 0. The van der Waals surface area contributed by atoms with Crippen molar-refractivity contribution in [2.24, 2.45) is 16.5 Å². The standard InChI is InChI=1S/C16H27N3.2ClH/c17-12-6-1-2-7-13-19-14-16(18)11-10-15-8-4-3-5-9-15;;/h3-5,8-9,14,16H,1-2,6-7,10-13,17-18H2;2*1H. The maximum absolute atomic E-state index is 6.02. The molecule has 1 atom stereocenters. The van der Waals surface area contributed by atoms with Crippen LogP contribution in [0.1, 0.15) is 37.7 Å². The summed E-state index contributed by atoms with van der Waals surface area (Å²) in [6, 6.07) is 10.5. The summed E-state index contributed by atoms with van der Waals surface area (Å²) in [4.78, 5) is 4.40. The fraction of sp³-hybridized carbons (Fsp3) is 0.562. The van der Waals surface area contributed by atoms with E-state index in [-0.39, 0.29) is 30.9 Å². The van der Waals surface area contributed by atoms with E-state index < -0.39 is 0 Å². The van der Waals surface area contributed by atoms with Crippen LogP contribution in [-0.2, 0) is 6.42 Å². The molecule has 0 aromatic heterocycles. The van der Waals surface area contributed by atoms with Crippen molar-refractivity contribution >= 4 is 31.0 Å². The molecular weight excluding hydrogens is 305 g/mol. The van der Waals surface area contributed by atoms with Crippen LogP contribution in [0.4, 0.5) is 0 Å². The number of benzene rings is 1. The van der Waals surface area contributed by atoms with Crippen LogP contribution in [0.25, 0.3) is 0 Å². The summed E-state index contributed by atoms with van der Waals surface area (Å²) in [6.07, 6.45) is 8.58. The smallest absolute Gasteiger partial charge is 0.0398 e. The molecule has 0 aliphatic rings. The predicted octanol–water partition coefficient (Wildman–Crippen LogP) is 3.38. The monoisotopic (exact) mass is 333 g/mol. The SMILES string of the molecule is Cl.Cl.NCCCCCCN=CC(N)CCc1ccccc1. The highest BCUT2D eigenvalue weighted by Crippen LogP contribution is 2.03. The number of unbranched alkanes of at least 4 members (excludes halogenated alkanes) is 3. The fourth-order valence-electron chi connectivity index (χ4n) is 1.96. The number of rotatable bonds is 10. The summed E-state index contributed by atoms with van der Waals surface area (Å²) in [5.74, 6) is 0. The first-order chi connectivity index (χ1) is 9.33. The van der Waals surface area contributed by atoms with Crippen molar-refractivity contribution in [2.75, 3.05) is 13.1 Å². The third-order valence-electron chi connectivity index (χ3n) is 3.15. The highest BCUT2D eigenvalue weighted by atomic mass is 35.5. The third kappa shape index (κ3) is 12.8. The van der Waals surface area contributed by atoms with Gasteiger partial charge >= 0.3 is 0 Å². The van der Waals surface area contributed by atoms with Crippen LogP contribution in [0.15, 0.2) is 35.3 Å². The Hall–Kier alpha value is -0.610. The summed E-state index contributed by atoms with van der Waals surface area (Å²) in [6.45, 7) is 1.69. The van der Waals surface area contributed by atoms with Crippen molar-refractivity contribution in [3.05, 3.63) is 35.9 Å². The average Bonchev–Trinajstić information content (AvgIpc) is 2.45. The molecule has 0 spiro atoms. The maximum Gasteiger partial charge on any atom is 0.0398 e. The molecule has 0 heterocycles. The van der Waals surface area contributed by atoms with E-state index in [1.54, 1.807) is 0 Å². The Bertz CT molecular complexity index is 345. The number of hydrogen-bond donors (Lipinski definition) is 2. The van der Waals surface area contributed by atoms with E-state index in [4.69, 9.17) is 11.5 Å². The quantitative estimate of drug-likeness (QED) is 0.509. The van der Waals surface area contributed by atoms with Gasteiger partial charge in [-0.05, 0) is 37.8 Å². The predicted molar refractivity (Wildman–Crippen MR) is 98.1 cm³/mol. The van der Waals surface area contributed by atoms with Crippen LogP contribution in [-0.4, -0.2) is 25.3 Å². The molecule has 0 saturated heterocycles. The van der Waals surface area contributed by atoms with E-state index in [2.05, 4.69) is 29.3 Å². The van der Waals surface area contributed by atoms with Crippen LogP contribution < -0.4 is 11.5 Å². The molecule has 122 valence electrons. The van der Waals surface area contributed by atoms with Crippen molar-refractivity contribution in [2.45, 2.75) is 44.6 Å². The Labute approximate surface area is 141 Å². The molecule has 0 saturated carbocycles. The summed E-state index contributed by atoms with van der Waals surface area (Å²) < 4.78 is 0. The van der Waals surface area contributed by atoms with E-state index in [9.17, 15) is 0 Å². The van der Waals surface area contributed by atoms with Gasteiger partial charge in [-0.1, -0.05) is 43.2 Å². The Morgan fingerprint density at radius 1 is 1.00 bits per heavy atom. The molecule has 3 nitrogen and oxygen atoms in total. The highest BCUT2D eigenvalue weighted by molar-refractivity contribution is 5.85. The molecule has 0 amide bonds. The first-order valence-corrected chi connectivity index (χ1v) is 7.32. The number of nitrogens with two attached hydrogens (primary N) is 2. The second-order valence-electron chi connectivity index (χ2n) is 4.95.